The molecular formula is C11H19N3OS. The van der Waals surface area contributed by atoms with Gasteiger partial charge in [-0.3, -0.25) is 4.79 Å². The molecule has 0 aliphatic carbocycles. The molecule has 0 aromatic carbocycles. The summed E-state index contributed by atoms with van der Waals surface area (Å²) >= 11 is 1.43. The van der Waals surface area contributed by atoms with E-state index in [0.29, 0.717) is 11.6 Å². The van der Waals surface area contributed by atoms with Gasteiger partial charge in [-0.2, -0.15) is 0 Å². The Hall–Kier alpha value is -0.940. The van der Waals surface area contributed by atoms with Crippen LogP contribution in [0.3, 0.4) is 0 Å². The lowest BCUT2D eigenvalue weighted by molar-refractivity contribution is -0.117. The van der Waals surface area contributed by atoms with Crippen molar-refractivity contribution in [3.05, 3.63) is 11.1 Å². The van der Waals surface area contributed by atoms with Crippen molar-refractivity contribution >= 4 is 22.4 Å². The van der Waals surface area contributed by atoms with E-state index in [1.807, 2.05) is 33.1 Å². The zero-order valence-corrected chi connectivity index (χ0v) is 11.0. The van der Waals surface area contributed by atoms with Crippen LogP contribution in [0.2, 0.25) is 0 Å². The number of nitrogens with zero attached hydrogens (tertiary/aromatic N) is 1. The first-order chi connectivity index (χ1) is 7.29. The van der Waals surface area contributed by atoms with Crippen LogP contribution in [0, 0.1) is 12.3 Å². The van der Waals surface area contributed by atoms with Crippen molar-refractivity contribution in [2.45, 2.75) is 40.2 Å². The minimum atomic E-state index is -0.145. The fourth-order valence-corrected chi connectivity index (χ4v) is 1.79. The van der Waals surface area contributed by atoms with E-state index in [4.69, 9.17) is 5.73 Å². The van der Waals surface area contributed by atoms with Gasteiger partial charge in [0.1, 0.15) is 0 Å². The molecule has 0 saturated heterocycles. The van der Waals surface area contributed by atoms with Gasteiger partial charge in [-0.1, -0.05) is 20.8 Å². The Balaban J connectivity index is 2.48. The Morgan fingerprint density at radius 1 is 1.62 bits per heavy atom. The van der Waals surface area contributed by atoms with E-state index in [2.05, 4.69) is 10.3 Å². The highest BCUT2D eigenvalue weighted by molar-refractivity contribution is 7.13. The van der Waals surface area contributed by atoms with Crippen molar-refractivity contribution in [1.82, 2.24) is 4.98 Å². The zero-order valence-electron chi connectivity index (χ0n) is 10.2. The maximum atomic E-state index is 11.7. The number of carbonyl (C=O) groups excluding carboxylic acids is 1. The van der Waals surface area contributed by atoms with E-state index in [-0.39, 0.29) is 17.4 Å². The van der Waals surface area contributed by atoms with Crippen LogP contribution < -0.4 is 11.1 Å². The summed E-state index contributed by atoms with van der Waals surface area (Å²) in [6.07, 6.45) is 0.322. The number of nitrogens with two attached hydrogens (primary N) is 1. The van der Waals surface area contributed by atoms with Crippen molar-refractivity contribution in [2.75, 3.05) is 5.32 Å². The summed E-state index contributed by atoms with van der Waals surface area (Å²) in [5.74, 6) is -0.0724. The molecule has 1 rings (SSSR count). The molecule has 16 heavy (non-hydrogen) atoms. The van der Waals surface area contributed by atoms with Crippen LogP contribution >= 0.6 is 11.3 Å². The van der Waals surface area contributed by atoms with Gasteiger partial charge in [-0.15, -0.1) is 11.3 Å². The summed E-state index contributed by atoms with van der Waals surface area (Å²) in [7, 11) is 0. The number of amides is 1. The van der Waals surface area contributed by atoms with Crippen LogP contribution in [0.5, 0.6) is 0 Å². The van der Waals surface area contributed by atoms with E-state index in [1.54, 1.807) is 0 Å². The molecule has 1 amide bonds. The topological polar surface area (TPSA) is 68.0 Å². The molecule has 90 valence electrons. The van der Waals surface area contributed by atoms with Crippen molar-refractivity contribution in [1.29, 1.82) is 0 Å². The number of aryl methyl sites for hydroxylation is 1. The molecule has 0 fully saturated rings. The fraction of sp³-hybridized carbons (Fsp3) is 0.636. The van der Waals surface area contributed by atoms with Gasteiger partial charge in [0, 0.05) is 17.8 Å². The average molecular weight is 241 g/mol. The third-order valence-corrected chi connectivity index (χ3v) is 3.26. The SMILES string of the molecule is Cc1csc(NC(=O)CC(N)C(C)(C)C)n1. The van der Waals surface area contributed by atoms with Crippen LogP contribution in [-0.4, -0.2) is 16.9 Å². The van der Waals surface area contributed by atoms with E-state index < -0.39 is 0 Å². The molecule has 0 bridgehead atoms. The summed E-state index contributed by atoms with van der Waals surface area (Å²) in [4.78, 5) is 15.8. The van der Waals surface area contributed by atoms with Gasteiger partial charge in [0.25, 0.3) is 0 Å². The van der Waals surface area contributed by atoms with Gasteiger partial charge < -0.3 is 11.1 Å². The third-order valence-electron chi connectivity index (χ3n) is 2.38. The number of carbonyl (C=O) groups is 1. The fourth-order valence-electron chi connectivity index (χ4n) is 1.09. The number of nitrogens with one attached hydrogen (secondary N) is 1. The molecule has 0 radical (unpaired) electrons. The van der Waals surface area contributed by atoms with Gasteiger partial charge >= 0.3 is 0 Å². The summed E-state index contributed by atoms with van der Waals surface area (Å²) in [6.45, 7) is 7.97. The summed E-state index contributed by atoms with van der Waals surface area (Å²) in [5.41, 5.74) is 6.79. The van der Waals surface area contributed by atoms with Crippen molar-refractivity contribution in [3.8, 4) is 0 Å². The number of hydrogen-bond acceptors (Lipinski definition) is 4. The first kappa shape index (κ1) is 13.1. The smallest absolute Gasteiger partial charge is 0.227 e. The standard InChI is InChI=1S/C11H19N3OS/c1-7-6-16-10(13-7)14-9(15)5-8(12)11(2,3)4/h6,8H,5,12H2,1-4H3,(H,13,14,15). The van der Waals surface area contributed by atoms with Crippen LogP contribution in [-0.2, 0) is 4.79 Å². The third kappa shape index (κ3) is 3.90. The van der Waals surface area contributed by atoms with E-state index >= 15 is 0 Å². The highest BCUT2D eigenvalue weighted by Crippen LogP contribution is 2.21. The van der Waals surface area contributed by atoms with Crippen LogP contribution in [0.25, 0.3) is 0 Å². The molecule has 4 nitrogen and oxygen atoms in total. The predicted molar refractivity (Wildman–Crippen MR) is 67.5 cm³/mol. The Morgan fingerprint density at radius 3 is 2.69 bits per heavy atom. The lowest BCUT2D eigenvalue weighted by atomic mass is 9.85. The zero-order chi connectivity index (χ0) is 12.3. The van der Waals surface area contributed by atoms with Gasteiger partial charge in [-0.25, -0.2) is 4.98 Å². The minimum Gasteiger partial charge on any atom is -0.327 e. The number of rotatable bonds is 3. The number of anilines is 1. The highest BCUT2D eigenvalue weighted by Gasteiger charge is 2.23. The predicted octanol–water partition coefficient (Wildman–Crippen LogP) is 2.15. The van der Waals surface area contributed by atoms with Crippen molar-refractivity contribution in [2.24, 2.45) is 11.1 Å². The lowest BCUT2D eigenvalue weighted by Crippen LogP contribution is -2.38. The molecule has 0 spiro atoms. The average Bonchev–Trinajstić information content (AvgIpc) is 2.49. The largest absolute Gasteiger partial charge is 0.327 e. The number of hydrogen-bond donors (Lipinski definition) is 2. The summed E-state index contributed by atoms with van der Waals surface area (Å²) in [5, 5.41) is 5.30. The molecule has 1 unspecified atom stereocenters. The Morgan fingerprint density at radius 2 is 2.25 bits per heavy atom. The minimum absolute atomic E-state index is 0.0594. The first-order valence-electron chi connectivity index (χ1n) is 5.26. The molecule has 1 heterocycles. The van der Waals surface area contributed by atoms with Crippen LogP contribution in [0.4, 0.5) is 5.13 Å². The molecule has 3 N–H and O–H groups in total. The van der Waals surface area contributed by atoms with Crippen LogP contribution in [0.15, 0.2) is 5.38 Å². The molecule has 1 aromatic heterocycles. The second-order valence-electron chi connectivity index (χ2n) is 5.02. The quantitative estimate of drug-likeness (QED) is 0.852. The van der Waals surface area contributed by atoms with Crippen molar-refractivity contribution < 1.29 is 4.79 Å². The first-order valence-corrected chi connectivity index (χ1v) is 6.14. The molecule has 1 atom stereocenters. The van der Waals surface area contributed by atoms with Gasteiger partial charge in [0.15, 0.2) is 5.13 Å². The summed E-state index contributed by atoms with van der Waals surface area (Å²) < 4.78 is 0. The molecule has 0 aliphatic rings. The second kappa shape index (κ2) is 4.93. The lowest BCUT2D eigenvalue weighted by Gasteiger charge is -2.26. The number of aromatic nitrogens is 1. The molecule has 0 saturated carbocycles. The second-order valence-corrected chi connectivity index (χ2v) is 5.88. The Bertz CT molecular complexity index is 368. The monoisotopic (exact) mass is 241 g/mol. The highest BCUT2D eigenvalue weighted by atomic mass is 32.1. The van der Waals surface area contributed by atoms with E-state index in [0.717, 1.165) is 5.69 Å². The van der Waals surface area contributed by atoms with E-state index in [9.17, 15) is 4.79 Å². The maximum Gasteiger partial charge on any atom is 0.227 e. The van der Waals surface area contributed by atoms with Gasteiger partial charge in [0.2, 0.25) is 5.91 Å². The normalized spacial score (nSPS) is 13.6. The van der Waals surface area contributed by atoms with Gasteiger partial charge in [-0.05, 0) is 12.3 Å². The Kier molecular flexibility index (Phi) is 4.04. The molecular weight excluding hydrogens is 222 g/mol. The number of thiazole rings is 1. The molecule has 1 aromatic rings. The molecule has 5 heteroatoms. The maximum absolute atomic E-state index is 11.7. The van der Waals surface area contributed by atoms with Crippen LogP contribution in [0.1, 0.15) is 32.9 Å². The Labute approximate surface area is 100 Å². The summed E-state index contributed by atoms with van der Waals surface area (Å²) in [6, 6.07) is -0.145. The van der Waals surface area contributed by atoms with Gasteiger partial charge in [0.05, 0.1) is 5.69 Å². The molecule has 0 aliphatic heterocycles. The van der Waals surface area contributed by atoms with E-state index in [1.165, 1.54) is 11.3 Å². The van der Waals surface area contributed by atoms with Crippen molar-refractivity contribution in [3.63, 3.8) is 0 Å².